The number of pyridine rings is 1. The highest BCUT2D eigenvalue weighted by Crippen LogP contribution is 2.43. The van der Waals surface area contributed by atoms with Crippen LogP contribution in [0.1, 0.15) is 129 Å². The molecule has 5 nitrogen and oxygen atoms in total. The van der Waals surface area contributed by atoms with Gasteiger partial charge in [-0.05, 0) is 167 Å². The number of hydrogen-bond acceptors (Lipinski definition) is 2. The molecule has 0 aliphatic carbocycles. The quantitative estimate of drug-likeness (QED) is 0.101. The number of hydrogen-bond donors (Lipinski definition) is 0. The van der Waals surface area contributed by atoms with Crippen molar-refractivity contribution >= 4 is 32.8 Å². The molecule has 10 aromatic carbocycles. The van der Waals surface area contributed by atoms with Gasteiger partial charge in [-0.1, -0.05) is 247 Å². The maximum Gasteiger partial charge on any atom is 0.269 e. The van der Waals surface area contributed by atoms with Gasteiger partial charge in [-0.25, -0.2) is 4.98 Å². The van der Waals surface area contributed by atoms with E-state index in [9.17, 15) is 2.74 Å². The minimum absolute atomic E-state index is 0.0815. The molecular weight excluding hydrogens is 1070 g/mol. The lowest BCUT2D eigenvalue weighted by atomic mass is 9.79. The Kier molecular flexibility index (Phi) is 11.0. The molecule has 13 rings (SSSR count). The summed E-state index contributed by atoms with van der Waals surface area (Å²) in [5.41, 5.74) is 13.1. The van der Waals surface area contributed by atoms with Crippen LogP contribution in [-0.4, -0.2) is 14.1 Å². The van der Waals surface area contributed by atoms with Crippen LogP contribution in [0.2, 0.25) is 0 Å². The standard InChI is InChI=1S/C83H78N4O/c1-54-41-78(84-52-73(54)56-27-18-15-19-28-56)87-74-36-21-20-35-69(74)70-39-38-68(51-76(70)87)88-67-34-24-33-66(50-67)85-53-86(75-40-37-57(48-77(75)85)60-44-64(82(8,9)10)49-65(45-60)83(11,12)13)79-71(58-29-22-31-62(42-58)80(2,3)4)46-61(55-25-16-14-17-26-55)47-72(79)59-30-23-32-63(43-59)81(5,6)7/h14-52H,1-13H3/i1D3,14D,15D,16D,17D,18D,19D,25D,26D,27D,28D. The summed E-state index contributed by atoms with van der Waals surface area (Å²) in [6, 6.07) is 51.8. The molecule has 88 heavy (non-hydrogen) atoms. The second kappa shape index (κ2) is 22.0. The molecule has 0 radical (unpaired) electrons. The van der Waals surface area contributed by atoms with Crippen molar-refractivity contribution in [1.82, 2.24) is 14.1 Å². The Morgan fingerprint density at radius 1 is 0.432 bits per heavy atom. The van der Waals surface area contributed by atoms with Crippen molar-refractivity contribution in [3.8, 4) is 84.3 Å². The van der Waals surface area contributed by atoms with Gasteiger partial charge in [-0.2, -0.15) is 0 Å². The summed E-state index contributed by atoms with van der Waals surface area (Å²) < 4.78 is 127. The second-order valence-corrected chi connectivity index (χ2v) is 27.1. The van der Waals surface area contributed by atoms with Gasteiger partial charge in [-0.15, -0.1) is 0 Å². The minimum Gasteiger partial charge on any atom is -0.458 e. The van der Waals surface area contributed by atoms with E-state index in [1.807, 2.05) is 100 Å². The molecule has 0 fully saturated rings. The Bertz CT molecular complexity index is 5390. The van der Waals surface area contributed by atoms with E-state index in [0.717, 1.165) is 72.0 Å². The molecule has 0 N–H and O–H groups in total. The number of para-hydroxylation sites is 1. The van der Waals surface area contributed by atoms with Crippen LogP contribution in [0.4, 0.5) is 0 Å². The zero-order chi connectivity index (χ0) is 72.6. The highest BCUT2D eigenvalue weighted by molar-refractivity contribution is 6.09. The summed E-state index contributed by atoms with van der Waals surface area (Å²) in [4.78, 5) is 4.80. The van der Waals surface area contributed by atoms with E-state index in [1.165, 1.54) is 23.4 Å². The number of ether oxygens (including phenoxy) is 1. The molecule has 0 bridgehead atoms. The van der Waals surface area contributed by atoms with Crippen LogP contribution >= 0.6 is 0 Å². The van der Waals surface area contributed by atoms with E-state index >= 15 is 0 Å². The maximum absolute atomic E-state index is 9.40. The van der Waals surface area contributed by atoms with Gasteiger partial charge in [0, 0.05) is 32.7 Å². The van der Waals surface area contributed by atoms with Gasteiger partial charge >= 0.3 is 0 Å². The van der Waals surface area contributed by atoms with E-state index in [2.05, 4.69) is 167 Å². The van der Waals surface area contributed by atoms with Gasteiger partial charge < -0.3 is 4.74 Å². The average molecular weight is 1160 g/mol. The van der Waals surface area contributed by atoms with Crippen molar-refractivity contribution < 1.29 is 27.1 Å². The predicted octanol–water partition coefficient (Wildman–Crippen LogP) is 21.8. The predicted molar refractivity (Wildman–Crippen MR) is 369 cm³/mol. The van der Waals surface area contributed by atoms with Crippen LogP contribution in [0, 0.1) is 13.2 Å². The summed E-state index contributed by atoms with van der Waals surface area (Å²) in [6.45, 7) is 23.6. The smallest absolute Gasteiger partial charge is 0.269 e. The zero-order valence-corrected chi connectivity index (χ0v) is 51.9. The first kappa shape index (κ1) is 43.9. The van der Waals surface area contributed by atoms with E-state index in [1.54, 1.807) is 0 Å². The Morgan fingerprint density at radius 3 is 1.62 bits per heavy atom. The van der Waals surface area contributed by atoms with Crippen LogP contribution in [0.5, 0.6) is 11.5 Å². The van der Waals surface area contributed by atoms with Crippen LogP contribution < -0.4 is 9.30 Å². The molecule has 0 unspecified atom stereocenters. The molecule has 3 heterocycles. The fourth-order valence-electron chi connectivity index (χ4n) is 11.7. The molecule has 0 saturated heterocycles. The molecule has 5 heteroatoms. The summed E-state index contributed by atoms with van der Waals surface area (Å²) >= 11 is 0. The van der Waals surface area contributed by atoms with Gasteiger partial charge in [0.15, 0.2) is 0 Å². The third-order valence-corrected chi connectivity index (χ3v) is 16.7. The Morgan fingerprint density at radius 2 is 1.00 bits per heavy atom. The fraction of sp³-hybridized carbons (Fsp3) is 0.205. The van der Waals surface area contributed by atoms with Crippen molar-refractivity contribution in [2.75, 3.05) is 0 Å². The lowest BCUT2D eigenvalue weighted by Gasteiger charge is -2.26. The molecular formula is C83H78N4O. The van der Waals surface area contributed by atoms with E-state index in [0.29, 0.717) is 33.8 Å². The zero-order valence-electron chi connectivity index (χ0n) is 64.9. The van der Waals surface area contributed by atoms with Gasteiger partial charge in [0.25, 0.3) is 6.33 Å². The molecule has 0 atom stereocenters. The van der Waals surface area contributed by atoms with Gasteiger partial charge in [0.05, 0.1) is 47.1 Å². The summed E-state index contributed by atoms with van der Waals surface area (Å²) in [6.07, 6.45) is 5.18. The molecule has 0 spiro atoms. The normalized spacial score (nSPS) is 14.6. The number of nitrogens with zero attached hydrogens (tertiary/aromatic N) is 4. The minimum atomic E-state index is -2.80. The van der Waals surface area contributed by atoms with Gasteiger partial charge in [0.2, 0.25) is 0 Å². The lowest BCUT2D eigenvalue weighted by Crippen LogP contribution is -2.31. The first-order valence-corrected chi connectivity index (χ1v) is 29.9. The molecule has 0 aliphatic heterocycles. The van der Waals surface area contributed by atoms with E-state index in [4.69, 9.17) is 24.8 Å². The summed E-state index contributed by atoms with van der Waals surface area (Å²) in [5, 5.41) is 1.67. The highest BCUT2D eigenvalue weighted by atomic mass is 16.5. The Labute approximate surface area is 538 Å². The molecule has 436 valence electrons. The largest absolute Gasteiger partial charge is 0.458 e. The monoisotopic (exact) mass is 1160 g/mol. The molecule has 13 aromatic rings. The molecule has 0 saturated carbocycles. The number of benzene rings is 10. The van der Waals surface area contributed by atoms with Crippen LogP contribution in [-0.2, 0) is 21.7 Å². The van der Waals surface area contributed by atoms with Gasteiger partial charge in [0.1, 0.15) is 17.3 Å². The Balaban J connectivity index is 1.05. The number of aromatic nitrogens is 4. The van der Waals surface area contributed by atoms with Gasteiger partial charge in [-0.3, -0.25) is 13.7 Å². The molecule has 0 amide bonds. The lowest BCUT2D eigenvalue weighted by molar-refractivity contribution is -0.571. The van der Waals surface area contributed by atoms with Crippen molar-refractivity contribution in [2.24, 2.45) is 0 Å². The first-order valence-electron chi connectivity index (χ1n) is 36.4. The number of imidazole rings is 1. The molecule has 3 aromatic heterocycles. The fourth-order valence-corrected chi connectivity index (χ4v) is 11.7. The second-order valence-electron chi connectivity index (χ2n) is 27.1. The van der Waals surface area contributed by atoms with Crippen molar-refractivity contribution in [1.29, 1.82) is 0 Å². The molecule has 0 aliphatic rings. The van der Waals surface area contributed by atoms with E-state index < -0.39 is 55.2 Å². The summed E-state index contributed by atoms with van der Waals surface area (Å²) in [5.74, 6) is 1.14. The highest BCUT2D eigenvalue weighted by Gasteiger charge is 2.27. The first-order chi connectivity index (χ1) is 47.4. The topological polar surface area (TPSA) is 35.9 Å². The van der Waals surface area contributed by atoms with Crippen LogP contribution in [0.3, 0.4) is 0 Å². The van der Waals surface area contributed by atoms with Crippen LogP contribution in [0.25, 0.3) is 106 Å². The van der Waals surface area contributed by atoms with Crippen LogP contribution in [0.15, 0.2) is 236 Å². The van der Waals surface area contributed by atoms with E-state index in [-0.39, 0.29) is 61.8 Å². The third kappa shape index (κ3) is 11.0. The number of rotatable bonds is 10. The van der Waals surface area contributed by atoms with Crippen molar-refractivity contribution in [3.63, 3.8) is 0 Å². The maximum atomic E-state index is 9.40. The SMILES string of the molecule is [2H]c1c([2H])c([2H])c(-c2cc(-c3cccc(C(C)(C)C)c3)c(-[n+]3[c-]n(-c4cccc(Oc5ccc6c7ccccc7n(-c7cc(C([2H])([2H])[2H])c(-c8c([2H])c([2H])c([2H])c([2H])c8[2H])cn7)c6c5)c4)c4cc(-c5cc(C(C)(C)C)cc(C(C)(C)C)c5)ccc43)c(-c3cccc(C(C)(C)C)c3)c2)c([2H])c1[2H]. The summed E-state index contributed by atoms with van der Waals surface area (Å²) in [7, 11) is 0. The number of fused-ring (bicyclic) bond motifs is 4. The Hall–Kier alpha value is -9.58. The average Bonchev–Trinajstić information content (AvgIpc) is 1.68. The number of aryl methyl sites for hydroxylation is 1. The van der Waals surface area contributed by atoms with Crippen molar-refractivity contribution in [3.05, 3.63) is 271 Å². The third-order valence-electron chi connectivity index (χ3n) is 16.7. The van der Waals surface area contributed by atoms with Crippen molar-refractivity contribution in [2.45, 2.75) is 112 Å².